The van der Waals surface area contributed by atoms with Crippen LogP contribution < -0.4 is 14.8 Å². The molecular weight excluding hydrogens is 424 g/mol. The third kappa shape index (κ3) is 3.42. The van der Waals surface area contributed by atoms with Crippen LogP contribution in [0.4, 0.5) is 5.69 Å². The van der Waals surface area contributed by atoms with E-state index >= 15 is 0 Å². The molecule has 0 spiro atoms. The number of aryl methyl sites for hydroxylation is 1. The lowest BCUT2D eigenvalue weighted by atomic mass is 10.1. The molecule has 7 nitrogen and oxygen atoms in total. The van der Waals surface area contributed by atoms with Crippen LogP contribution in [0.2, 0.25) is 5.02 Å². The Kier molecular flexibility index (Phi) is 4.88. The number of benzene rings is 2. The standard InChI is InChI=1S/C21H17ClN4O3S/c1-12-8-13-9-17-18(29-7-6-28-17)10-16(13)26-20(12)24-25-21(26)30-11-19(27)23-15-5-3-2-4-14(15)22/h2-5,8-10H,6-7,11H2,1H3,(H,23,27). The molecule has 4 aromatic rings. The Bertz CT molecular complexity index is 1290. The number of pyridine rings is 1. The fourth-order valence-corrected chi connectivity index (χ4v) is 4.34. The molecule has 2 aromatic carbocycles. The Labute approximate surface area is 181 Å². The zero-order chi connectivity index (χ0) is 20.7. The van der Waals surface area contributed by atoms with Crippen molar-refractivity contribution in [1.82, 2.24) is 14.6 Å². The maximum Gasteiger partial charge on any atom is 0.234 e. The van der Waals surface area contributed by atoms with Crippen molar-refractivity contribution in [3.8, 4) is 11.5 Å². The number of nitrogens with one attached hydrogen (secondary N) is 1. The third-order valence-corrected chi connectivity index (χ3v) is 6.03. The summed E-state index contributed by atoms with van der Waals surface area (Å²) in [6.07, 6.45) is 0. The molecule has 0 radical (unpaired) electrons. The Morgan fingerprint density at radius 1 is 1.17 bits per heavy atom. The van der Waals surface area contributed by atoms with Gasteiger partial charge >= 0.3 is 0 Å². The first-order chi connectivity index (χ1) is 14.6. The summed E-state index contributed by atoms with van der Waals surface area (Å²) in [5, 5.41) is 13.6. The first kappa shape index (κ1) is 19.0. The van der Waals surface area contributed by atoms with E-state index in [1.807, 2.05) is 35.6 Å². The summed E-state index contributed by atoms with van der Waals surface area (Å²) in [5.74, 6) is 1.43. The Morgan fingerprint density at radius 3 is 2.73 bits per heavy atom. The second-order valence-electron chi connectivity index (χ2n) is 6.84. The van der Waals surface area contributed by atoms with E-state index in [0.717, 1.165) is 27.9 Å². The number of hydrogen-bond donors (Lipinski definition) is 1. The minimum absolute atomic E-state index is 0.170. The van der Waals surface area contributed by atoms with Crippen LogP contribution in [0.15, 0.2) is 47.6 Å². The van der Waals surface area contributed by atoms with Gasteiger partial charge in [-0.1, -0.05) is 35.5 Å². The van der Waals surface area contributed by atoms with E-state index in [2.05, 4.69) is 21.6 Å². The largest absolute Gasteiger partial charge is 0.486 e. The molecule has 0 saturated carbocycles. The van der Waals surface area contributed by atoms with Crippen molar-refractivity contribution in [3.05, 3.63) is 53.1 Å². The SMILES string of the molecule is Cc1cc2cc3c(cc2n2c(SCC(=O)Nc4ccccc4Cl)nnc12)OCCO3. The molecule has 2 aromatic heterocycles. The summed E-state index contributed by atoms with van der Waals surface area (Å²) in [7, 11) is 0. The summed E-state index contributed by atoms with van der Waals surface area (Å²) < 4.78 is 13.4. The Balaban J connectivity index is 1.47. The molecule has 0 atom stereocenters. The van der Waals surface area contributed by atoms with E-state index in [4.69, 9.17) is 21.1 Å². The van der Waals surface area contributed by atoms with Gasteiger partial charge in [0.05, 0.1) is 22.0 Å². The molecule has 0 saturated heterocycles. The Morgan fingerprint density at radius 2 is 1.93 bits per heavy atom. The number of nitrogens with zero attached hydrogens (tertiary/aromatic N) is 3. The van der Waals surface area contributed by atoms with Crippen molar-refractivity contribution in [2.24, 2.45) is 0 Å². The van der Waals surface area contributed by atoms with E-state index < -0.39 is 0 Å². The number of thioether (sulfide) groups is 1. The van der Waals surface area contributed by atoms with E-state index in [0.29, 0.717) is 34.8 Å². The van der Waals surface area contributed by atoms with Crippen molar-refractivity contribution < 1.29 is 14.3 Å². The molecule has 9 heteroatoms. The molecular formula is C21H17ClN4O3S. The van der Waals surface area contributed by atoms with Gasteiger partial charge in [0.2, 0.25) is 5.91 Å². The van der Waals surface area contributed by atoms with Gasteiger partial charge in [0.1, 0.15) is 13.2 Å². The third-order valence-electron chi connectivity index (χ3n) is 4.77. The summed E-state index contributed by atoms with van der Waals surface area (Å²) in [6.45, 7) is 3.03. The van der Waals surface area contributed by atoms with Crippen LogP contribution in [-0.4, -0.2) is 39.5 Å². The molecule has 1 N–H and O–H groups in total. The highest BCUT2D eigenvalue weighted by molar-refractivity contribution is 7.99. The second kappa shape index (κ2) is 7.70. The fourth-order valence-electron chi connectivity index (χ4n) is 3.42. The van der Waals surface area contributed by atoms with E-state index in [1.165, 1.54) is 11.8 Å². The van der Waals surface area contributed by atoms with Crippen LogP contribution in [-0.2, 0) is 4.79 Å². The number of aromatic nitrogens is 3. The molecule has 1 aliphatic heterocycles. The van der Waals surface area contributed by atoms with Gasteiger partial charge in [-0.15, -0.1) is 10.2 Å². The highest BCUT2D eigenvalue weighted by Gasteiger charge is 2.18. The molecule has 3 heterocycles. The molecule has 152 valence electrons. The van der Waals surface area contributed by atoms with E-state index in [9.17, 15) is 4.79 Å². The van der Waals surface area contributed by atoms with Crippen LogP contribution in [0.3, 0.4) is 0 Å². The van der Waals surface area contributed by atoms with Gasteiger partial charge in [0.15, 0.2) is 22.3 Å². The number of anilines is 1. The second-order valence-corrected chi connectivity index (χ2v) is 8.19. The molecule has 30 heavy (non-hydrogen) atoms. The number of ether oxygens (including phenoxy) is 2. The van der Waals surface area contributed by atoms with Crippen LogP contribution in [0.5, 0.6) is 11.5 Å². The van der Waals surface area contributed by atoms with Gasteiger partial charge in [0.25, 0.3) is 0 Å². The molecule has 0 bridgehead atoms. The maximum absolute atomic E-state index is 12.4. The predicted molar refractivity (Wildman–Crippen MR) is 117 cm³/mol. The van der Waals surface area contributed by atoms with Gasteiger partial charge < -0.3 is 14.8 Å². The van der Waals surface area contributed by atoms with Crippen LogP contribution in [0, 0.1) is 6.92 Å². The monoisotopic (exact) mass is 440 g/mol. The summed E-state index contributed by atoms with van der Waals surface area (Å²) >= 11 is 7.43. The van der Waals surface area contributed by atoms with Crippen LogP contribution >= 0.6 is 23.4 Å². The minimum Gasteiger partial charge on any atom is -0.486 e. The molecule has 0 fully saturated rings. The number of amides is 1. The molecule has 5 rings (SSSR count). The topological polar surface area (TPSA) is 77.8 Å². The normalized spacial score (nSPS) is 13.0. The summed E-state index contributed by atoms with van der Waals surface area (Å²) in [4.78, 5) is 12.4. The van der Waals surface area contributed by atoms with Crippen molar-refractivity contribution >= 4 is 51.5 Å². The van der Waals surface area contributed by atoms with Gasteiger partial charge in [-0.3, -0.25) is 9.20 Å². The first-order valence-corrected chi connectivity index (χ1v) is 10.7. The first-order valence-electron chi connectivity index (χ1n) is 9.35. The average Bonchev–Trinajstić information content (AvgIpc) is 3.18. The highest BCUT2D eigenvalue weighted by atomic mass is 35.5. The lowest BCUT2D eigenvalue weighted by molar-refractivity contribution is -0.113. The van der Waals surface area contributed by atoms with Gasteiger partial charge in [-0.05, 0) is 36.8 Å². The number of carbonyl (C=O) groups excluding carboxylic acids is 1. The quantitative estimate of drug-likeness (QED) is 0.475. The summed E-state index contributed by atoms with van der Waals surface area (Å²) in [5.41, 5.74) is 3.21. The number of para-hydroxylation sites is 1. The molecule has 0 unspecified atom stereocenters. The van der Waals surface area contributed by atoms with Crippen LogP contribution in [0.1, 0.15) is 5.56 Å². The molecule has 1 aliphatic rings. The zero-order valence-corrected chi connectivity index (χ0v) is 17.6. The van der Waals surface area contributed by atoms with Crippen molar-refractivity contribution in [3.63, 3.8) is 0 Å². The van der Waals surface area contributed by atoms with Gasteiger partial charge in [-0.2, -0.15) is 0 Å². The number of halogens is 1. The van der Waals surface area contributed by atoms with E-state index in [-0.39, 0.29) is 11.7 Å². The predicted octanol–water partition coefficient (Wildman–Crippen LogP) is 4.35. The fraction of sp³-hybridized carbons (Fsp3) is 0.190. The lowest BCUT2D eigenvalue weighted by Gasteiger charge is -2.19. The number of fused-ring (bicyclic) bond motifs is 4. The van der Waals surface area contributed by atoms with Gasteiger partial charge in [-0.25, -0.2) is 0 Å². The summed E-state index contributed by atoms with van der Waals surface area (Å²) in [6, 6.07) is 13.1. The van der Waals surface area contributed by atoms with Gasteiger partial charge in [0, 0.05) is 11.5 Å². The average molecular weight is 441 g/mol. The smallest absolute Gasteiger partial charge is 0.234 e. The van der Waals surface area contributed by atoms with Crippen molar-refractivity contribution in [2.45, 2.75) is 12.1 Å². The lowest BCUT2D eigenvalue weighted by Crippen LogP contribution is -2.15. The minimum atomic E-state index is -0.170. The number of carbonyl (C=O) groups is 1. The van der Waals surface area contributed by atoms with Crippen molar-refractivity contribution in [2.75, 3.05) is 24.3 Å². The Hall–Kier alpha value is -2.97. The number of hydrogen-bond acceptors (Lipinski definition) is 6. The van der Waals surface area contributed by atoms with Crippen molar-refractivity contribution in [1.29, 1.82) is 0 Å². The van der Waals surface area contributed by atoms with Crippen LogP contribution in [0.25, 0.3) is 16.6 Å². The van der Waals surface area contributed by atoms with E-state index in [1.54, 1.807) is 12.1 Å². The highest BCUT2D eigenvalue weighted by Crippen LogP contribution is 2.36. The molecule has 0 aliphatic carbocycles. The number of rotatable bonds is 4. The zero-order valence-electron chi connectivity index (χ0n) is 16.0. The molecule has 1 amide bonds. The maximum atomic E-state index is 12.4.